The summed E-state index contributed by atoms with van der Waals surface area (Å²) in [6, 6.07) is 0. The molecule has 0 bridgehead atoms. The van der Waals surface area contributed by atoms with Gasteiger partial charge in [0.1, 0.15) is 0 Å². The van der Waals surface area contributed by atoms with Crippen molar-refractivity contribution in [2.75, 3.05) is 11.1 Å². The van der Waals surface area contributed by atoms with Crippen molar-refractivity contribution in [3.8, 4) is 0 Å². The molecule has 0 spiro atoms. The lowest BCUT2D eigenvalue weighted by atomic mass is 10.6. The Hall–Kier alpha value is -0.550. The van der Waals surface area contributed by atoms with Gasteiger partial charge < -0.3 is 5.32 Å². The van der Waals surface area contributed by atoms with Crippen molar-refractivity contribution in [3.05, 3.63) is 11.1 Å². The number of amides is 1. The molecule has 1 N–H and O–H groups in total. The van der Waals surface area contributed by atoms with Gasteiger partial charge in [-0.2, -0.15) is 0 Å². The summed E-state index contributed by atoms with van der Waals surface area (Å²) in [5.41, 5.74) is 0.946. The number of anilines is 1. The Morgan fingerprint density at radius 1 is 1.71 bits per heavy atom. The molecule has 5 heteroatoms. The second kappa shape index (κ2) is 5.36. The molecule has 0 atom stereocenters. The van der Waals surface area contributed by atoms with Gasteiger partial charge in [0.05, 0.1) is 11.4 Å². The van der Waals surface area contributed by atoms with Gasteiger partial charge in [-0.05, 0) is 12.2 Å². The summed E-state index contributed by atoms with van der Waals surface area (Å²) in [6.07, 6.45) is 0. The number of carbonyl (C=O) groups is 1. The van der Waals surface area contributed by atoms with E-state index in [1.807, 2.05) is 12.3 Å². The van der Waals surface area contributed by atoms with Crippen LogP contribution in [0.15, 0.2) is 5.38 Å². The molecular formula is C9H14N2OS2. The Morgan fingerprint density at radius 3 is 2.93 bits per heavy atom. The summed E-state index contributed by atoms with van der Waals surface area (Å²) in [7, 11) is 0. The third-order valence-corrected chi connectivity index (χ3v) is 3.38. The van der Waals surface area contributed by atoms with Crippen LogP contribution in [0.3, 0.4) is 0 Å². The Morgan fingerprint density at radius 2 is 2.43 bits per heavy atom. The van der Waals surface area contributed by atoms with E-state index in [4.69, 9.17) is 0 Å². The van der Waals surface area contributed by atoms with Crippen LogP contribution in [0, 0.1) is 6.92 Å². The molecule has 1 heterocycles. The average molecular weight is 230 g/mol. The van der Waals surface area contributed by atoms with Crippen molar-refractivity contribution in [1.82, 2.24) is 4.98 Å². The second-order valence-corrected chi connectivity index (χ2v) is 5.62. The first-order chi connectivity index (χ1) is 6.58. The molecule has 14 heavy (non-hydrogen) atoms. The SMILES string of the molecule is Cc1csc(NC(=O)CSC(C)C)n1. The Balaban J connectivity index is 2.34. The molecule has 78 valence electrons. The van der Waals surface area contributed by atoms with Crippen LogP contribution in [0.5, 0.6) is 0 Å². The zero-order valence-electron chi connectivity index (χ0n) is 8.53. The summed E-state index contributed by atoms with van der Waals surface area (Å²) in [6.45, 7) is 6.06. The predicted octanol–water partition coefficient (Wildman–Crippen LogP) is 2.53. The van der Waals surface area contributed by atoms with Crippen LogP contribution in [-0.2, 0) is 4.79 Å². The fourth-order valence-electron chi connectivity index (χ4n) is 0.809. The van der Waals surface area contributed by atoms with Crippen LogP contribution in [0.1, 0.15) is 19.5 Å². The van der Waals surface area contributed by atoms with Crippen molar-refractivity contribution < 1.29 is 4.79 Å². The lowest BCUT2D eigenvalue weighted by molar-refractivity contribution is -0.113. The van der Waals surface area contributed by atoms with E-state index in [-0.39, 0.29) is 5.91 Å². The highest BCUT2D eigenvalue weighted by Gasteiger charge is 2.06. The standard InChI is InChI=1S/C9H14N2OS2/c1-6(2)13-5-8(12)11-9-10-7(3)4-14-9/h4,6H,5H2,1-3H3,(H,10,11,12). The van der Waals surface area contributed by atoms with Crippen molar-refractivity contribution in [2.45, 2.75) is 26.0 Å². The van der Waals surface area contributed by atoms with E-state index in [1.165, 1.54) is 11.3 Å². The first-order valence-electron chi connectivity index (χ1n) is 4.41. The monoisotopic (exact) mass is 230 g/mol. The molecular weight excluding hydrogens is 216 g/mol. The molecule has 1 aromatic heterocycles. The third kappa shape index (κ3) is 4.11. The lowest BCUT2D eigenvalue weighted by Crippen LogP contribution is -2.15. The van der Waals surface area contributed by atoms with Crippen LogP contribution in [0.25, 0.3) is 0 Å². The van der Waals surface area contributed by atoms with Gasteiger partial charge in [0.25, 0.3) is 0 Å². The minimum absolute atomic E-state index is 0.0260. The molecule has 1 amide bonds. The molecule has 1 rings (SSSR count). The number of nitrogens with one attached hydrogen (secondary N) is 1. The van der Waals surface area contributed by atoms with E-state index >= 15 is 0 Å². The molecule has 0 radical (unpaired) electrons. The van der Waals surface area contributed by atoms with E-state index in [9.17, 15) is 4.79 Å². The number of thiazole rings is 1. The maximum absolute atomic E-state index is 11.4. The minimum Gasteiger partial charge on any atom is -0.301 e. The van der Waals surface area contributed by atoms with E-state index in [0.29, 0.717) is 16.1 Å². The smallest absolute Gasteiger partial charge is 0.236 e. The number of thioether (sulfide) groups is 1. The Bertz CT molecular complexity index is 310. The number of hydrogen-bond donors (Lipinski definition) is 1. The lowest BCUT2D eigenvalue weighted by Gasteiger charge is -2.03. The number of nitrogens with zero attached hydrogens (tertiary/aromatic N) is 1. The Labute approximate surface area is 92.3 Å². The van der Waals surface area contributed by atoms with Gasteiger partial charge in [0.2, 0.25) is 5.91 Å². The molecule has 0 fully saturated rings. The topological polar surface area (TPSA) is 42.0 Å². The molecule has 0 aliphatic carbocycles. The summed E-state index contributed by atoms with van der Waals surface area (Å²) in [5.74, 6) is 0.522. The largest absolute Gasteiger partial charge is 0.301 e. The fourth-order valence-corrected chi connectivity index (χ4v) is 2.07. The molecule has 1 aromatic rings. The number of aryl methyl sites for hydroxylation is 1. The van der Waals surface area contributed by atoms with Gasteiger partial charge in [0.15, 0.2) is 5.13 Å². The zero-order chi connectivity index (χ0) is 10.6. The predicted molar refractivity (Wildman–Crippen MR) is 63.1 cm³/mol. The minimum atomic E-state index is 0.0260. The highest BCUT2D eigenvalue weighted by Crippen LogP contribution is 2.15. The molecule has 0 unspecified atom stereocenters. The van der Waals surface area contributed by atoms with Crippen LogP contribution in [0.4, 0.5) is 5.13 Å². The van der Waals surface area contributed by atoms with E-state index in [1.54, 1.807) is 11.8 Å². The molecule has 0 aliphatic heterocycles. The van der Waals surface area contributed by atoms with Crippen molar-refractivity contribution in [1.29, 1.82) is 0 Å². The maximum Gasteiger partial charge on any atom is 0.236 e. The number of carbonyl (C=O) groups excluding carboxylic acids is 1. The normalized spacial score (nSPS) is 10.6. The van der Waals surface area contributed by atoms with Gasteiger partial charge >= 0.3 is 0 Å². The number of rotatable bonds is 4. The van der Waals surface area contributed by atoms with Gasteiger partial charge in [-0.15, -0.1) is 23.1 Å². The zero-order valence-corrected chi connectivity index (χ0v) is 10.2. The van der Waals surface area contributed by atoms with E-state index in [2.05, 4.69) is 24.1 Å². The highest BCUT2D eigenvalue weighted by molar-refractivity contribution is 8.00. The van der Waals surface area contributed by atoms with Crippen LogP contribution >= 0.6 is 23.1 Å². The molecule has 0 aromatic carbocycles. The fraction of sp³-hybridized carbons (Fsp3) is 0.556. The third-order valence-electron chi connectivity index (χ3n) is 1.41. The van der Waals surface area contributed by atoms with E-state index < -0.39 is 0 Å². The highest BCUT2D eigenvalue weighted by atomic mass is 32.2. The van der Waals surface area contributed by atoms with Crippen LogP contribution < -0.4 is 5.32 Å². The maximum atomic E-state index is 11.4. The number of aromatic nitrogens is 1. The van der Waals surface area contributed by atoms with Gasteiger partial charge in [-0.25, -0.2) is 4.98 Å². The van der Waals surface area contributed by atoms with Crippen molar-refractivity contribution >= 4 is 34.1 Å². The average Bonchev–Trinajstić information content (AvgIpc) is 2.48. The van der Waals surface area contributed by atoms with Crippen LogP contribution in [-0.4, -0.2) is 21.9 Å². The summed E-state index contributed by atoms with van der Waals surface area (Å²) in [5, 5.41) is 5.86. The summed E-state index contributed by atoms with van der Waals surface area (Å²) in [4.78, 5) is 15.5. The number of hydrogen-bond acceptors (Lipinski definition) is 4. The molecule has 3 nitrogen and oxygen atoms in total. The summed E-state index contributed by atoms with van der Waals surface area (Å²) < 4.78 is 0. The van der Waals surface area contributed by atoms with Gasteiger partial charge in [-0.1, -0.05) is 13.8 Å². The first kappa shape index (κ1) is 11.5. The summed E-state index contributed by atoms with van der Waals surface area (Å²) >= 11 is 3.09. The van der Waals surface area contributed by atoms with Crippen LogP contribution in [0.2, 0.25) is 0 Å². The van der Waals surface area contributed by atoms with Gasteiger partial charge in [-0.3, -0.25) is 4.79 Å². The van der Waals surface area contributed by atoms with Crippen molar-refractivity contribution in [3.63, 3.8) is 0 Å². The quantitative estimate of drug-likeness (QED) is 0.864. The molecule has 0 aliphatic rings. The van der Waals surface area contributed by atoms with Gasteiger partial charge in [0, 0.05) is 5.38 Å². The molecule has 0 saturated carbocycles. The second-order valence-electron chi connectivity index (χ2n) is 3.20. The Kier molecular flexibility index (Phi) is 4.41. The van der Waals surface area contributed by atoms with Crippen molar-refractivity contribution in [2.24, 2.45) is 0 Å². The van der Waals surface area contributed by atoms with E-state index in [0.717, 1.165) is 5.69 Å². The first-order valence-corrected chi connectivity index (χ1v) is 6.34. The molecule has 0 saturated heterocycles.